The van der Waals surface area contributed by atoms with Crippen LogP contribution in [-0.2, 0) is 9.53 Å². The molecule has 0 heterocycles. The maximum Gasteiger partial charge on any atom is 0.229 e. The second kappa shape index (κ2) is 11.2. The quantitative estimate of drug-likeness (QED) is 0.566. The summed E-state index contributed by atoms with van der Waals surface area (Å²) < 4.78 is 5.37. The standard InChI is InChI=1S/C11H24N2O2S/c1-10(2)15-7-4-6-13-11(14)9-16-8-3-5-12/h10H,3-9,12H2,1-2H3,(H,13,14). The molecule has 0 aliphatic carbocycles. The van der Waals surface area contributed by atoms with Crippen molar-refractivity contribution in [3.63, 3.8) is 0 Å². The highest BCUT2D eigenvalue weighted by molar-refractivity contribution is 7.99. The Labute approximate surface area is 103 Å². The number of hydrogen-bond donors (Lipinski definition) is 2. The highest BCUT2D eigenvalue weighted by Crippen LogP contribution is 2.00. The molecule has 0 aromatic carbocycles. The molecular weight excluding hydrogens is 224 g/mol. The number of rotatable bonds is 10. The SMILES string of the molecule is CC(C)OCCCNC(=O)CSCCCN. The first kappa shape index (κ1) is 15.7. The summed E-state index contributed by atoms with van der Waals surface area (Å²) in [5.41, 5.74) is 5.36. The van der Waals surface area contributed by atoms with Crippen LogP contribution in [0.15, 0.2) is 0 Å². The van der Waals surface area contributed by atoms with Crippen LogP contribution in [0.3, 0.4) is 0 Å². The summed E-state index contributed by atoms with van der Waals surface area (Å²) in [5.74, 6) is 1.59. The summed E-state index contributed by atoms with van der Waals surface area (Å²) in [6.45, 7) is 6.11. The molecule has 3 N–H and O–H groups in total. The Morgan fingerprint density at radius 2 is 2.19 bits per heavy atom. The van der Waals surface area contributed by atoms with E-state index >= 15 is 0 Å². The molecule has 0 aromatic rings. The van der Waals surface area contributed by atoms with Gasteiger partial charge in [-0.25, -0.2) is 0 Å². The van der Waals surface area contributed by atoms with Crippen molar-refractivity contribution in [3.8, 4) is 0 Å². The third-order valence-corrected chi connectivity index (χ3v) is 2.86. The van der Waals surface area contributed by atoms with Gasteiger partial charge in [0.2, 0.25) is 5.91 Å². The van der Waals surface area contributed by atoms with Gasteiger partial charge >= 0.3 is 0 Å². The van der Waals surface area contributed by atoms with Crippen molar-refractivity contribution < 1.29 is 9.53 Å². The molecule has 0 saturated heterocycles. The summed E-state index contributed by atoms with van der Waals surface area (Å²) in [6.07, 6.45) is 2.11. The van der Waals surface area contributed by atoms with E-state index in [2.05, 4.69) is 5.32 Å². The molecule has 0 aromatic heterocycles. The molecule has 0 bridgehead atoms. The number of nitrogens with two attached hydrogens (primary N) is 1. The maximum atomic E-state index is 11.3. The van der Waals surface area contributed by atoms with Crippen LogP contribution in [0.2, 0.25) is 0 Å². The molecule has 0 unspecified atom stereocenters. The highest BCUT2D eigenvalue weighted by Gasteiger charge is 2.00. The van der Waals surface area contributed by atoms with Gasteiger partial charge in [0, 0.05) is 13.2 Å². The van der Waals surface area contributed by atoms with Crippen LogP contribution in [0.4, 0.5) is 0 Å². The van der Waals surface area contributed by atoms with Crippen LogP contribution in [0.1, 0.15) is 26.7 Å². The van der Waals surface area contributed by atoms with Crippen LogP contribution in [0, 0.1) is 0 Å². The fourth-order valence-electron chi connectivity index (χ4n) is 1.02. The third-order valence-electron chi connectivity index (χ3n) is 1.82. The lowest BCUT2D eigenvalue weighted by atomic mass is 10.4. The van der Waals surface area contributed by atoms with E-state index in [1.807, 2.05) is 13.8 Å². The summed E-state index contributed by atoms with van der Waals surface area (Å²) in [5, 5.41) is 2.86. The molecule has 4 nitrogen and oxygen atoms in total. The lowest BCUT2D eigenvalue weighted by Crippen LogP contribution is -2.27. The molecule has 1 amide bonds. The van der Waals surface area contributed by atoms with Crippen LogP contribution in [0.5, 0.6) is 0 Å². The molecule has 16 heavy (non-hydrogen) atoms. The fraction of sp³-hybridized carbons (Fsp3) is 0.909. The Morgan fingerprint density at radius 3 is 2.81 bits per heavy atom. The fourth-order valence-corrected chi connectivity index (χ4v) is 1.82. The summed E-state index contributed by atoms with van der Waals surface area (Å²) in [6, 6.07) is 0. The normalized spacial score (nSPS) is 10.8. The lowest BCUT2D eigenvalue weighted by Gasteiger charge is -2.08. The summed E-state index contributed by atoms with van der Waals surface area (Å²) >= 11 is 1.63. The van der Waals surface area contributed by atoms with Gasteiger partial charge in [-0.05, 0) is 39.0 Å². The van der Waals surface area contributed by atoms with Gasteiger partial charge in [-0.3, -0.25) is 4.79 Å². The molecule has 0 radical (unpaired) electrons. The van der Waals surface area contributed by atoms with E-state index in [-0.39, 0.29) is 12.0 Å². The van der Waals surface area contributed by atoms with Crippen LogP contribution in [0.25, 0.3) is 0 Å². The summed E-state index contributed by atoms with van der Waals surface area (Å²) in [4.78, 5) is 11.3. The molecule has 0 aliphatic rings. The number of ether oxygens (including phenoxy) is 1. The average molecular weight is 248 g/mol. The number of carbonyl (C=O) groups excluding carboxylic acids is 1. The first-order chi connectivity index (χ1) is 7.66. The molecule has 0 rings (SSSR count). The second-order valence-electron chi connectivity index (χ2n) is 3.82. The van der Waals surface area contributed by atoms with Crippen molar-refractivity contribution in [2.24, 2.45) is 5.73 Å². The molecule has 96 valence electrons. The van der Waals surface area contributed by atoms with E-state index < -0.39 is 0 Å². The first-order valence-corrected chi connectivity index (χ1v) is 6.98. The van der Waals surface area contributed by atoms with Crippen LogP contribution < -0.4 is 11.1 Å². The largest absolute Gasteiger partial charge is 0.379 e. The van der Waals surface area contributed by atoms with Gasteiger partial charge in [0.25, 0.3) is 0 Å². The Bertz CT molecular complexity index is 177. The van der Waals surface area contributed by atoms with E-state index in [0.717, 1.165) is 18.6 Å². The topological polar surface area (TPSA) is 64.3 Å². The number of nitrogens with one attached hydrogen (secondary N) is 1. The Hall–Kier alpha value is -0.260. The molecular formula is C11H24N2O2S. The van der Waals surface area contributed by atoms with Gasteiger partial charge in [-0.2, -0.15) is 11.8 Å². The smallest absolute Gasteiger partial charge is 0.229 e. The minimum absolute atomic E-state index is 0.103. The van der Waals surface area contributed by atoms with E-state index in [4.69, 9.17) is 10.5 Å². The van der Waals surface area contributed by atoms with Gasteiger partial charge in [-0.1, -0.05) is 0 Å². The predicted octanol–water partition coefficient (Wildman–Crippen LogP) is 1.000. The third kappa shape index (κ3) is 11.8. The zero-order chi connectivity index (χ0) is 12.2. The van der Waals surface area contributed by atoms with Gasteiger partial charge in [0.1, 0.15) is 0 Å². The second-order valence-corrected chi connectivity index (χ2v) is 4.92. The van der Waals surface area contributed by atoms with Crippen molar-refractivity contribution in [2.45, 2.75) is 32.8 Å². The number of thioether (sulfide) groups is 1. The van der Waals surface area contributed by atoms with Crippen molar-refractivity contribution >= 4 is 17.7 Å². The highest BCUT2D eigenvalue weighted by atomic mass is 32.2. The molecule has 0 spiro atoms. The van der Waals surface area contributed by atoms with Gasteiger partial charge in [0.05, 0.1) is 11.9 Å². The minimum Gasteiger partial charge on any atom is -0.379 e. The Balaban J connectivity index is 3.17. The van der Waals surface area contributed by atoms with E-state index in [9.17, 15) is 4.79 Å². The average Bonchev–Trinajstić information content (AvgIpc) is 2.23. The Morgan fingerprint density at radius 1 is 1.44 bits per heavy atom. The van der Waals surface area contributed by atoms with Crippen LogP contribution in [-0.4, -0.2) is 43.2 Å². The zero-order valence-electron chi connectivity index (χ0n) is 10.3. The van der Waals surface area contributed by atoms with Gasteiger partial charge in [0.15, 0.2) is 0 Å². The van der Waals surface area contributed by atoms with Gasteiger partial charge in [-0.15, -0.1) is 0 Å². The monoisotopic (exact) mass is 248 g/mol. The minimum atomic E-state index is 0.103. The maximum absolute atomic E-state index is 11.3. The first-order valence-electron chi connectivity index (χ1n) is 5.83. The van der Waals surface area contributed by atoms with Crippen LogP contribution >= 0.6 is 11.8 Å². The predicted molar refractivity (Wildman–Crippen MR) is 69.7 cm³/mol. The van der Waals surface area contributed by atoms with Crippen molar-refractivity contribution in [1.82, 2.24) is 5.32 Å². The van der Waals surface area contributed by atoms with E-state index in [1.165, 1.54) is 0 Å². The number of amides is 1. The van der Waals surface area contributed by atoms with E-state index in [0.29, 0.717) is 25.4 Å². The van der Waals surface area contributed by atoms with Gasteiger partial charge < -0.3 is 15.8 Å². The number of carbonyl (C=O) groups is 1. The molecule has 0 atom stereocenters. The zero-order valence-corrected chi connectivity index (χ0v) is 11.1. The molecule has 0 aliphatic heterocycles. The molecule has 5 heteroatoms. The van der Waals surface area contributed by atoms with Crippen molar-refractivity contribution in [1.29, 1.82) is 0 Å². The van der Waals surface area contributed by atoms with Crippen molar-refractivity contribution in [2.75, 3.05) is 31.2 Å². The lowest BCUT2D eigenvalue weighted by molar-refractivity contribution is -0.118. The van der Waals surface area contributed by atoms with Crippen molar-refractivity contribution in [3.05, 3.63) is 0 Å². The Kier molecular flexibility index (Phi) is 11.0. The van der Waals surface area contributed by atoms with E-state index in [1.54, 1.807) is 11.8 Å². The number of hydrogen-bond acceptors (Lipinski definition) is 4. The molecule has 0 saturated carbocycles. The molecule has 0 fully saturated rings. The summed E-state index contributed by atoms with van der Waals surface area (Å²) in [7, 11) is 0.